The molecule has 1 aliphatic heterocycles. The second-order valence-corrected chi connectivity index (χ2v) is 4.69. The SMILES string of the molecule is Cc1c(O)cc(CC2CCNC2)cc1Cl. The van der Waals surface area contributed by atoms with Crippen LogP contribution in [-0.4, -0.2) is 18.2 Å². The average molecular weight is 226 g/mol. The highest BCUT2D eigenvalue weighted by molar-refractivity contribution is 6.31. The Morgan fingerprint density at radius 1 is 1.53 bits per heavy atom. The van der Waals surface area contributed by atoms with Crippen LogP contribution in [0.15, 0.2) is 12.1 Å². The van der Waals surface area contributed by atoms with E-state index in [2.05, 4.69) is 5.32 Å². The third-order valence-corrected chi connectivity index (χ3v) is 3.46. The molecule has 1 unspecified atom stereocenters. The summed E-state index contributed by atoms with van der Waals surface area (Å²) < 4.78 is 0. The van der Waals surface area contributed by atoms with E-state index in [-0.39, 0.29) is 0 Å². The van der Waals surface area contributed by atoms with Crippen molar-refractivity contribution in [2.24, 2.45) is 5.92 Å². The molecular formula is C12H16ClNO. The van der Waals surface area contributed by atoms with E-state index >= 15 is 0 Å². The lowest BCUT2D eigenvalue weighted by Gasteiger charge is -2.10. The Hall–Kier alpha value is -0.730. The Balaban J connectivity index is 2.14. The van der Waals surface area contributed by atoms with Gasteiger partial charge < -0.3 is 10.4 Å². The first-order valence-corrected chi connectivity index (χ1v) is 5.73. The largest absolute Gasteiger partial charge is 0.508 e. The Bertz CT molecular complexity index is 336. The minimum Gasteiger partial charge on any atom is -0.508 e. The van der Waals surface area contributed by atoms with Crippen LogP contribution in [0, 0.1) is 12.8 Å². The van der Waals surface area contributed by atoms with Gasteiger partial charge in [-0.15, -0.1) is 0 Å². The Kier molecular flexibility index (Phi) is 3.17. The van der Waals surface area contributed by atoms with Crippen LogP contribution in [0.3, 0.4) is 0 Å². The molecule has 0 saturated carbocycles. The third-order valence-electron chi connectivity index (χ3n) is 3.06. The van der Waals surface area contributed by atoms with Crippen molar-refractivity contribution >= 4 is 11.6 Å². The van der Waals surface area contributed by atoms with Gasteiger partial charge in [-0.25, -0.2) is 0 Å². The Morgan fingerprint density at radius 2 is 2.33 bits per heavy atom. The number of hydrogen-bond acceptors (Lipinski definition) is 2. The molecular weight excluding hydrogens is 210 g/mol. The molecule has 1 fully saturated rings. The number of aromatic hydroxyl groups is 1. The molecule has 1 heterocycles. The van der Waals surface area contributed by atoms with Crippen molar-refractivity contribution in [3.8, 4) is 5.75 Å². The lowest BCUT2D eigenvalue weighted by molar-refractivity contribution is 0.469. The normalized spacial score (nSPS) is 20.8. The van der Waals surface area contributed by atoms with Crippen molar-refractivity contribution in [2.45, 2.75) is 19.8 Å². The highest BCUT2D eigenvalue weighted by Gasteiger charge is 2.15. The number of phenols is 1. The van der Waals surface area contributed by atoms with Gasteiger partial charge in [-0.05, 0) is 56.5 Å². The van der Waals surface area contributed by atoms with Crippen molar-refractivity contribution in [3.63, 3.8) is 0 Å². The van der Waals surface area contributed by atoms with Crippen LogP contribution < -0.4 is 5.32 Å². The lowest BCUT2D eigenvalue weighted by atomic mass is 9.97. The zero-order valence-corrected chi connectivity index (χ0v) is 9.64. The summed E-state index contributed by atoms with van der Waals surface area (Å²) in [7, 11) is 0. The molecule has 2 N–H and O–H groups in total. The van der Waals surface area contributed by atoms with E-state index in [1.54, 1.807) is 0 Å². The van der Waals surface area contributed by atoms with Crippen LogP contribution in [0.25, 0.3) is 0 Å². The average Bonchev–Trinajstić information content (AvgIpc) is 2.66. The summed E-state index contributed by atoms with van der Waals surface area (Å²) in [5.41, 5.74) is 1.90. The van der Waals surface area contributed by atoms with E-state index in [9.17, 15) is 5.11 Å². The van der Waals surface area contributed by atoms with E-state index in [1.165, 1.54) is 6.42 Å². The standard InChI is InChI=1S/C12H16ClNO/c1-8-11(13)5-10(6-12(8)15)4-9-2-3-14-7-9/h5-6,9,14-15H,2-4,7H2,1H3. The summed E-state index contributed by atoms with van der Waals surface area (Å²) in [6.07, 6.45) is 2.22. The number of nitrogens with one attached hydrogen (secondary N) is 1. The summed E-state index contributed by atoms with van der Waals surface area (Å²) in [5.74, 6) is 0.992. The van der Waals surface area contributed by atoms with Crippen molar-refractivity contribution in [1.29, 1.82) is 0 Å². The molecule has 2 rings (SSSR count). The summed E-state index contributed by atoms with van der Waals surface area (Å²) in [6, 6.07) is 3.80. The molecule has 0 amide bonds. The van der Waals surface area contributed by atoms with Gasteiger partial charge in [-0.3, -0.25) is 0 Å². The van der Waals surface area contributed by atoms with Gasteiger partial charge in [0.15, 0.2) is 0 Å². The van der Waals surface area contributed by atoms with Crippen molar-refractivity contribution in [1.82, 2.24) is 5.32 Å². The fraction of sp³-hybridized carbons (Fsp3) is 0.500. The minimum absolute atomic E-state index is 0.309. The highest BCUT2D eigenvalue weighted by atomic mass is 35.5. The van der Waals surface area contributed by atoms with Gasteiger partial charge in [0.25, 0.3) is 0 Å². The molecule has 82 valence electrons. The van der Waals surface area contributed by atoms with E-state index in [1.807, 2.05) is 19.1 Å². The van der Waals surface area contributed by atoms with Crippen LogP contribution in [0.5, 0.6) is 5.75 Å². The van der Waals surface area contributed by atoms with E-state index in [4.69, 9.17) is 11.6 Å². The maximum Gasteiger partial charge on any atom is 0.120 e. The molecule has 15 heavy (non-hydrogen) atoms. The molecule has 0 radical (unpaired) electrons. The summed E-state index contributed by atoms with van der Waals surface area (Å²) in [6.45, 7) is 4.01. The minimum atomic E-state index is 0.309. The molecule has 1 aliphatic rings. The maximum atomic E-state index is 9.65. The van der Waals surface area contributed by atoms with Gasteiger partial charge in [0, 0.05) is 10.6 Å². The molecule has 0 spiro atoms. The zero-order valence-electron chi connectivity index (χ0n) is 8.89. The van der Waals surface area contributed by atoms with Crippen molar-refractivity contribution in [2.75, 3.05) is 13.1 Å². The molecule has 1 aromatic carbocycles. The maximum absolute atomic E-state index is 9.65. The van der Waals surface area contributed by atoms with E-state index in [0.717, 1.165) is 30.6 Å². The quantitative estimate of drug-likeness (QED) is 0.811. The van der Waals surface area contributed by atoms with Gasteiger partial charge in [0.1, 0.15) is 5.75 Å². The molecule has 2 nitrogen and oxygen atoms in total. The third kappa shape index (κ3) is 2.44. The van der Waals surface area contributed by atoms with E-state index < -0.39 is 0 Å². The fourth-order valence-corrected chi connectivity index (χ4v) is 2.30. The van der Waals surface area contributed by atoms with Gasteiger partial charge in [0.05, 0.1) is 0 Å². The van der Waals surface area contributed by atoms with Crippen LogP contribution >= 0.6 is 11.6 Å². The fourth-order valence-electron chi connectivity index (χ4n) is 2.06. The van der Waals surface area contributed by atoms with Crippen LogP contribution in [0.1, 0.15) is 17.5 Å². The van der Waals surface area contributed by atoms with Gasteiger partial charge in [-0.1, -0.05) is 11.6 Å². The Morgan fingerprint density at radius 3 is 2.93 bits per heavy atom. The van der Waals surface area contributed by atoms with Crippen LogP contribution in [0.2, 0.25) is 5.02 Å². The van der Waals surface area contributed by atoms with Gasteiger partial charge in [-0.2, -0.15) is 0 Å². The monoisotopic (exact) mass is 225 g/mol. The second kappa shape index (κ2) is 4.42. The van der Waals surface area contributed by atoms with Crippen molar-refractivity contribution in [3.05, 3.63) is 28.3 Å². The van der Waals surface area contributed by atoms with Gasteiger partial charge >= 0.3 is 0 Å². The van der Waals surface area contributed by atoms with Crippen molar-refractivity contribution < 1.29 is 5.11 Å². The number of rotatable bonds is 2. The number of halogens is 1. The zero-order chi connectivity index (χ0) is 10.8. The second-order valence-electron chi connectivity index (χ2n) is 4.28. The first-order valence-electron chi connectivity index (χ1n) is 5.35. The molecule has 0 aliphatic carbocycles. The highest BCUT2D eigenvalue weighted by Crippen LogP contribution is 2.28. The topological polar surface area (TPSA) is 32.3 Å². The van der Waals surface area contributed by atoms with Crippen LogP contribution in [0.4, 0.5) is 0 Å². The molecule has 0 bridgehead atoms. The predicted octanol–water partition coefficient (Wildman–Crippen LogP) is 2.51. The summed E-state index contributed by atoms with van der Waals surface area (Å²) in [4.78, 5) is 0. The lowest BCUT2D eigenvalue weighted by Crippen LogP contribution is -2.10. The molecule has 1 saturated heterocycles. The molecule has 1 aromatic rings. The van der Waals surface area contributed by atoms with Crippen LogP contribution in [-0.2, 0) is 6.42 Å². The van der Waals surface area contributed by atoms with E-state index in [0.29, 0.717) is 16.7 Å². The predicted molar refractivity (Wildman–Crippen MR) is 62.5 cm³/mol. The molecule has 3 heteroatoms. The smallest absolute Gasteiger partial charge is 0.120 e. The summed E-state index contributed by atoms with van der Waals surface area (Å²) >= 11 is 6.03. The number of hydrogen-bond donors (Lipinski definition) is 2. The number of phenolic OH excluding ortho intramolecular Hbond substituents is 1. The first kappa shape index (κ1) is 10.8. The molecule has 1 atom stereocenters. The Labute approximate surface area is 95.3 Å². The van der Waals surface area contributed by atoms with Gasteiger partial charge in [0.2, 0.25) is 0 Å². The molecule has 0 aromatic heterocycles. The number of benzene rings is 1. The first-order chi connectivity index (χ1) is 7.16. The summed E-state index contributed by atoms with van der Waals surface area (Å²) in [5, 5.41) is 13.7.